The van der Waals surface area contributed by atoms with Gasteiger partial charge in [0.25, 0.3) is 0 Å². The molecule has 0 fully saturated rings. The highest BCUT2D eigenvalue weighted by Gasteiger charge is 2.11. The SMILES string of the molecule is COc1ccc(NC(=O)NCc2cccnc2-c2cnn(C)c2)c(OC)c1. The van der Waals surface area contributed by atoms with Crippen LogP contribution in [-0.4, -0.2) is 35.0 Å². The van der Waals surface area contributed by atoms with Crippen molar-refractivity contribution in [2.45, 2.75) is 6.54 Å². The van der Waals surface area contributed by atoms with Gasteiger partial charge in [-0.3, -0.25) is 9.67 Å². The lowest BCUT2D eigenvalue weighted by Crippen LogP contribution is -2.28. The normalized spacial score (nSPS) is 10.3. The van der Waals surface area contributed by atoms with Crippen LogP contribution in [0, 0.1) is 0 Å². The Morgan fingerprint density at radius 3 is 2.78 bits per heavy atom. The molecule has 3 rings (SSSR count). The molecule has 2 heterocycles. The number of aromatic nitrogens is 3. The van der Waals surface area contributed by atoms with Crippen LogP contribution in [-0.2, 0) is 13.6 Å². The lowest BCUT2D eigenvalue weighted by Gasteiger charge is -2.13. The number of urea groups is 1. The van der Waals surface area contributed by atoms with E-state index in [-0.39, 0.29) is 6.03 Å². The predicted octanol–water partition coefficient (Wildman–Crippen LogP) is 2.82. The largest absolute Gasteiger partial charge is 0.497 e. The lowest BCUT2D eigenvalue weighted by molar-refractivity contribution is 0.251. The molecular formula is C19H21N5O3. The number of hydrogen-bond donors (Lipinski definition) is 2. The lowest BCUT2D eigenvalue weighted by atomic mass is 10.1. The van der Waals surface area contributed by atoms with Crippen molar-refractivity contribution >= 4 is 11.7 Å². The van der Waals surface area contributed by atoms with Crippen LogP contribution in [0.4, 0.5) is 10.5 Å². The summed E-state index contributed by atoms with van der Waals surface area (Å²) in [7, 11) is 4.95. The number of methoxy groups -OCH3 is 2. The molecular weight excluding hydrogens is 346 g/mol. The molecule has 8 nitrogen and oxygen atoms in total. The molecule has 0 unspecified atom stereocenters. The van der Waals surface area contributed by atoms with Gasteiger partial charge in [0.15, 0.2) is 0 Å². The van der Waals surface area contributed by atoms with Gasteiger partial charge in [0.1, 0.15) is 11.5 Å². The summed E-state index contributed by atoms with van der Waals surface area (Å²) in [6.07, 6.45) is 5.34. The van der Waals surface area contributed by atoms with Crippen LogP contribution in [0.15, 0.2) is 48.9 Å². The Bertz CT molecular complexity index is 939. The zero-order chi connectivity index (χ0) is 19.2. The smallest absolute Gasteiger partial charge is 0.319 e. The Morgan fingerprint density at radius 2 is 2.07 bits per heavy atom. The Hall–Kier alpha value is -3.55. The Balaban J connectivity index is 1.68. The second-order valence-electron chi connectivity index (χ2n) is 5.79. The van der Waals surface area contributed by atoms with Crippen molar-refractivity contribution in [2.24, 2.45) is 7.05 Å². The van der Waals surface area contributed by atoms with Crippen LogP contribution in [0.5, 0.6) is 11.5 Å². The summed E-state index contributed by atoms with van der Waals surface area (Å²) in [6.45, 7) is 0.322. The maximum absolute atomic E-state index is 12.3. The number of nitrogens with zero attached hydrogens (tertiary/aromatic N) is 3. The fourth-order valence-corrected chi connectivity index (χ4v) is 2.63. The molecule has 0 aliphatic heterocycles. The first kappa shape index (κ1) is 18.2. The van der Waals surface area contributed by atoms with E-state index in [2.05, 4.69) is 20.7 Å². The molecule has 0 spiro atoms. The molecule has 2 amide bonds. The summed E-state index contributed by atoms with van der Waals surface area (Å²) >= 11 is 0. The van der Waals surface area contributed by atoms with Gasteiger partial charge in [-0.25, -0.2) is 4.79 Å². The summed E-state index contributed by atoms with van der Waals surface area (Å²) in [5.41, 5.74) is 3.12. The minimum Gasteiger partial charge on any atom is -0.497 e. The standard InChI is InChI=1S/C19H21N5O3/c1-24-12-14(11-22-24)18-13(5-4-8-20-18)10-21-19(25)23-16-7-6-15(26-2)9-17(16)27-3/h4-9,11-12H,10H2,1-3H3,(H2,21,23,25). The number of benzene rings is 1. The minimum absolute atomic E-state index is 0.322. The molecule has 1 aromatic carbocycles. The number of nitrogens with one attached hydrogen (secondary N) is 2. The average molecular weight is 367 g/mol. The molecule has 0 aliphatic rings. The van der Waals surface area contributed by atoms with E-state index >= 15 is 0 Å². The molecule has 3 aromatic rings. The quantitative estimate of drug-likeness (QED) is 0.699. The number of amides is 2. The van der Waals surface area contributed by atoms with E-state index in [0.717, 1.165) is 16.8 Å². The fraction of sp³-hybridized carbons (Fsp3) is 0.211. The molecule has 8 heteroatoms. The Morgan fingerprint density at radius 1 is 1.22 bits per heavy atom. The molecule has 0 radical (unpaired) electrons. The van der Waals surface area contributed by atoms with E-state index in [1.807, 2.05) is 25.4 Å². The highest BCUT2D eigenvalue weighted by molar-refractivity contribution is 5.91. The van der Waals surface area contributed by atoms with Gasteiger partial charge in [0.05, 0.1) is 31.8 Å². The Labute approximate surface area is 157 Å². The second-order valence-corrected chi connectivity index (χ2v) is 5.79. The maximum Gasteiger partial charge on any atom is 0.319 e. The van der Waals surface area contributed by atoms with Crippen LogP contribution < -0.4 is 20.1 Å². The number of aryl methyl sites for hydroxylation is 1. The van der Waals surface area contributed by atoms with Gasteiger partial charge in [-0.2, -0.15) is 5.10 Å². The van der Waals surface area contributed by atoms with Crippen molar-refractivity contribution in [3.8, 4) is 22.8 Å². The van der Waals surface area contributed by atoms with Crippen molar-refractivity contribution < 1.29 is 14.3 Å². The number of rotatable bonds is 6. The molecule has 0 atom stereocenters. The Kier molecular flexibility index (Phi) is 5.55. The van der Waals surface area contributed by atoms with Crippen LogP contribution in [0.1, 0.15) is 5.56 Å². The summed E-state index contributed by atoms with van der Waals surface area (Å²) in [6, 6.07) is 8.59. The van der Waals surface area contributed by atoms with E-state index in [0.29, 0.717) is 23.7 Å². The van der Waals surface area contributed by atoms with Crippen LogP contribution in [0.3, 0.4) is 0 Å². The molecule has 0 saturated carbocycles. The van der Waals surface area contributed by atoms with Gasteiger partial charge < -0.3 is 20.1 Å². The first-order valence-electron chi connectivity index (χ1n) is 8.30. The molecule has 27 heavy (non-hydrogen) atoms. The van der Waals surface area contributed by atoms with Crippen LogP contribution >= 0.6 is 0 Å². The van der Waals surface area contributed by atoms with Crippen molar-refractivity contribution in [2.75, 3.05) is 19.5 Å². The third kappa shape index (κ3) is 4.35. The predicted molar refractivity (Wildman–Crippen MR) is 102 cm³/mol. The van der Waals surface area contributed by atoms with Gasteiger partial charge in [0.2, 0.25) is 0 Å². The van der Waals surface area contributed by atoms with Gasteiger partial charge in [-0.05, 0) is 23.8 Å². The highest BCUT2D eigenvalue weighted by atomic mass is 16.5. The number of ether oxygens (including phenoxy) is 2. The summed E-state index contributed by atoms with van der Waals surface area (Å²) in [5.74, 6) is 1.16. The van der Waals surface area contributed by atoms with Crippen molar-refractivity contribution in [1.82, 2.24) is 20.1 Å². The molecule has 0 aliphatic carbocycles. The number of carbonyl (C=O) groups is 1. The van der Waals surface area contributed by atoms with Crippen molar-refractivity contribution in [3.05, 3.63) is 54.5 Å². The molecule has 0 bridgehead atoms. The monoisotopic (exact) mass is 367 g/mol. The fourth-order valence-electron chi connectivity index (χ4n) is 2.63. The summed E-state index contributed by atoms with van der Waals surface area (Å²) < 4.78 is 12.2. The third-order valence-corrected chi connectivity index (χ3v) is 3.97. The van der Waals surface area contributed by atoms with E-state index < -0.39 is 0 Å². The molecule has 2 aromatic heterocycles. The van der Waals surface area contributed by atoms with Gasteiger partial charge in [-0.1, -0.05) is 6.07 Å². The van der Waals surface area contributed by atoms with Crippen molar-refractivity contribution in [3.63, 3.8) is 0 Å². The zero-order valence-electron chi connectivity index (χ0n) is 15.4. The van der Waals surface area contributed by atoms with E-state index in [9.17, 15) is 4.79 Å². The number of hydrogen-bond acceptors (Lipinski definition) is 5. The topological polar surface area (TPSA) is 90.3 Å². The molecule has 140 valence electrons. The number of carbonyl (C=O) groups excluding carboxylic acids is 1. The molecule has 0 saturated heterocycles. The number of pyridine rings is 1. The van der Waals surface area contributed by atoms with E-state index in [1.165, 1.54) is 7.11 Å². The van der Waals surface area contributed by atoms with Crippen molar-refractivity contribution in [1.29, 1.82) is 0 Å². The second kappa shape index (κ2) is 8.22. The van der Waals surface area contributed by atoms with Gasteiger partial charge in [0, 0.05) is 37.6 Å². The third-order valence-electron chi connectivity index (χ3n) is 3.97. The van der Waals surface area contributed by atoms with Crippen LogP contribution in [0.25, 0.3) is 11.3 Å². The first-order valence-corrected chi connectivity index (χ1v) is 8.30. The highest BCUT2D eigenvalue weighted by Crippen LogP contribution is 2.29. The number of anilines is 1. The van der Waals surface area contributed by atoms with Gasteiger partial charge >= 0.3 is 6.03 Å². The van der Waals surface area contributed by atoms with Gasteiger partial charge in [-0.15, -0.1) is 0 Å². The summed E-state index contributed by atoms with van der Waals surface area (Å²) in [5, 5.41) is 9.79. The first-order chi connectivity index (χ1) is 13.1. The van der Waals surface area contributed by atoms with E-state index in [4.69, 9.17) is 9.47 Å². The maximum atomic E-state index is 12.3. The average Bonchev–Trinajstić information content (AvgIpc) is 3.13. The van der Waals surface area contributed by atoms with E-state index in [1.54, 1.807) is 42.4 Å². The van der Waals surface area contributed by atoms with Crippen LogP contribution in [0.2, 0.25) is 0 Å². The molecule has 2 N–H and O–H groups in total. The zero-order valence-corrected chi connectivity index (χ0v) is 15.4. The summed E-state index contributed by atoms with van der Waals surface area (Å²) in [4.78, 5) is 16.7. The minimum atomic E-state index is -0.348.